The molecule has 0 amide bonds. The van der Waals surface area contributed by atoms with Crippen molar-refractivity contribution in [2.75, 3.05) is 4.90 Å². The van der Waals surface area contributed by atoms with E-state index >= 15 is 0 Å². The van der Waals surface area contributed by atoms with Crippen LogP contribution < -0.4 is 10.2 Å². The average molecular weight is 509 g/mol. The van der Waals surface area contributed by atoms with Gasteiger partial charge in [-0.05, 0) is 92.3 Å². The molecule has 2 atom stereocenters. The number of nitrogens with zero attached hydrogens (tertiary/aromatic N) is 3. The number of thiocarbonyl (C=S) groups is 1. The molecule has 1 fully saturated rings. The first kappa shape index (κ1) is 22.7. The van der Waals surface area contributed by atoms with Gasteiger partial charge in [-0.2, -0.15) is 0 Å². The van der Waals surface area contributed by atoms with Crippen molar-refractivity contribution < 1.29 is 5.11 Å². The first-order chi connectivity index (χ1) is 16.3. The summed E-state index contributed by atoms with van der Waals surface area (Å²) in [6.07, 6.45) is 1.79. The summed E-state index contributed by atoms with van der Waals surface area (Å²) in [5, 5.41) is 15.1. The molecule has 0 saturated carbocycles. The second-order valence-corrected chi connectivity index (χ2v) is 9.50. The maximum Gasteiger partial charge on any atom is 0.174 e. The predicted molar refractivity (Wildman–Crippen MR) is 141 cm³/mol. The molecule has 0 unspecified atom stereocenters. The Bertz CT molecular complexity index is 1370. The molecule has 2 aromatic carbocycles. The van der Waals surface area contributed by atoms with Crippen LogP contribution in [0.1, 0.15) is 34.7 Å². The molecule has 3 heterocycles. The Labute approximate surface area is 213 Å². The van der Waals surface area contributed by atoms with Crippen LogP contribution in [0, 0.1) is 13.8 Å². The molecule has 0 bridgehead atoms. The van der Waals surface area contributed by atoms with Gasteiger partial charge in [0.2, 0.25) is 0 Å². The Morgan fingerprint density at radius 1 is 1.00 bits per heavy atom. The summed E-state index contributed by atoms with van der Waals surface area (Å²) in [6.45, 7) is 4.14. The summed E-state index contributed by atoms with van der Waals surface area (Å²) in [4.78, 5) is 6.71. The lowest BCUT2D eigenvalue weighted by Gasteiger charge is -2.28. The highest BCUT2D eigenvalue weighted by atomic mass is 35.5. The van der Waals surface area contributed by atoms with Crippen LogP contribution in [0.15, 0.2) is 72.9 Å². The molecule has 172 valence electrons. The molecule has 1 aliphatic rings. The van der Waals surface area contributed by atoms with Crippen molar-refractivity contribution in [2.45, 2.75) is 25.9 Å². The van der Waals surface area contributed by atoms with Crippen molar-refractivity contribution in [1.82, 2.24) is 14.9 Å². The van der Waals surface area contributed by atoms with Crippen molar-refractivity contribution in [3.63, 3.8) is 0 Å². The van der Waals surface area contributed by atoms with Gasteiger partial charge < -0.3 is 19.9 Å². The van der Waals surface area contributed by atoms with Gasteiger partial charge in [-0.15, -0.1) is 0 Å². The van der Waals surface area contributed by atoms with E-state index in [-0.39, 0.29) is 17.8 Å². The van der Waals surface area contributed by atoms with Crippen LogP contribution in [0.25, 0.3) is 5.69 Å². The highest BCUT2D eigenvalue weighted by Gasteiger charge is 2.42. The molecule has 2 N–H and O–H groups in total. The van der Waals surface area contributed by atoms with Crippen molar-refractivity contribution >= 4 is 46.2 Å². The van der Waals surface area contributed by atoms with Gasteiger partial charge in [0.1, 0.15) is 5.75 Å². The molecule has 1 aliphatic heterocycles. The SMILES string of the molecule is Cc1cc([C@H]2[C@H](c3ccccn3)NC(=S)N2c2ccc(O)cc2)c(C)n1-c1ccc(Cl)cc1Cl. The fourth-order valence-electron chi connectivity index (χ4n) is 4.68. The smallest absolute Gasteiger partial charge is 0.174 e. The van der Waals surface area contributed by atoms with Crippen molar-refractivity contribution in [3.05, 3.63) is 106 Å². The number of aromatic hydroxyl groups is 1. The quantitative estimate of drug-likeness (QED) is 0.301. The van der Waals surface area contributed by atoms with E-state index in [1.807, 2.05) is 42.5 Å². The number of halogens is 2. The minimum Gasteiger partial charge on any atom is -0.508 e. The first-order valence-electron chi connectivity index (χ1n) is 10.8. The molecule has 0 spiro atoms. The fraction of sp³-hybridized carbons (Fsp3) is 0.154. The van der Waals surface area contributed by atoms with E-state index in [2.05, 4.69) is 39.7 Å². The summed E-state index contributed by atoms with van der Waals surface area (Å²) in [7, 11) is 0. The first-order valence-corrected chi connectivity index (χ1v) is 12.0. The molecular formula is C26H22Cl2N4OS. The number of aryl methyl sites for hydroxylation is 1. The zero-order chi connectivity index (χ0) is 24.0. The summed E-state index contributed by atoms with van der Waals surface area (Å²) in [5.41, 5.74) is 5.83. The highest BCUT2D eigenvalue weighted by molar-refractivity contribution is 7.80. The molecule has 5 rings (SSSR count). The van der Waals surface area contributed by atoms with E-state index in [4.69, 9.17) is 35.4 Å². The summed E-state index contributed by atoms with van der Waals surface area (Å²) in [6, 6.07) is 20.3. The number of phenols is 1. The van der Waals surface area contributed by atoms with Gasteiger partial charge in [-0.25, -0.2) is 0 Å². The van der Waals surface area contributed by atoms with Gasteiger partial charge in [0.05, 0.1) is 28.5 Å². The van der Waals surface area contributed by atoms with E-state index in [1.165, 1.54) is 0 Å². The molecule has 1 saturated heterocycles. The summed E-state index contributed by atoms with van der Waals surface area (Å²) < 4.78 is 2.14. The van der Waals surface area contributed by atoms with Gasteiger partial charge in [-0.3, -0.25) is 4.98 Å². The molecule has 4 aromatic rings. The lowest BCUT2D eigenvalue weighted by Crippen LogP contribution is -2.29. The third kappa shape index (κ3) is 3.92. The lowest BCUT2D eigenvalue weighted by molar-refractivity contribution is 0.475. The Morgan fingerprint density at radius 3 is 2.44 bits per heavy atom. The fourth-order valence-corrected chi connectivity index (χ4v) is 5.52. The second-order valence-electron chi connectivity index (χ2n) is 8.27. The van der Waals surface area contributed by atoms with Crippen LogP contribution in [-0.2, 0) is 0 Å². The Hall–Kier alpha value is -3.06. The van der Waals surface area contributed by atoms with Crippen LogP contribution in [0.4, 0.5) is 5.69 Å². The minimum absolute atomic E-state index is 0.169. The molecule has 0 radical (unpaired) electrons. The summed E-state index contributed by atoms with van der Waals surface area (Å²) in [5.74, 6) is 0.204. The van der Waals surface area contributed by atoms with Gasteiger partial charge in [0.25, 0.3) is 0 Å². The second kappa shape index (κ2) is 8.95. The van der Waals surface area contributed by atoms with Gasteiger partial charge in [0, 0.05) is 28.3 Å². The van der Waals surface area contributed by atoms with Gasteiger partial charge in [0.15, 0.2) is 5.11 Å². The molecule has 34 heavy (non-hydrogen) atoms. The molecular weight excluding hydrogens is 487 g/mol. The highest BCUT2D eigenvalue weighted by Crippen LogP contribution is 2.44. The average Bonchev–Trinajstić information content (AvgIpc) is 3.31. The maximum atomic E-state index is 9.83. The Balaban J connectivity index is 1.69. The van der Waals surface area contributed by atoms with Gasteiger partial charge >= 0.3 is 0 Å². The van der Waals surface area contributed by atoms with Crippen molar-refractivity contribution in [2.24, 2.45) is 0 Å². The van der Waals surface area contributed by atoms with Crippen molar-refractivity contribution in [1.29, 1.82) is 0 Å². The topological polar surface area (TPSA) is 53.3 Å². The zero-order valence-electron chi connectivity index (χ0n) is 18.5. The van der Waals surface area contributed by atoms with Crippen molar-refractivity contribution in [3.8, 4) is 11.4 Å². The Kier molecular flexibility index (Phi) is 5.98. The van der Waals surface area contributed by atoms with Crippen LogP contribution in [0.5, 0.6) is 5.75 Å². The van der Waals surface area contributed by atoms with Crippen LogP contribution >= 0.6 is 35.4 Å². The Morgan fingerprint density at radius 2 is 1.76 bits per heavy atom. The van der Waals surface area contributed by atoms with Gasteiger partial charge in [-0.1, -0.05) is 29.3 Å². The lowest BCUT2D eigenvalue weighted by atomic mass is 9.96. The predicted octanol–water partition coefficient (Wildman–Crippen LogP) is 6.68. The third-order valence-electron chi connectivity index (χ3n) is 6.17. The number of nitrogens with one attached hydrogen (secondary N) is 1. The normalized spacial score (nSPS) is 17.8. The minimum atomic E-state index is -0.169. The maximum absolute atomic E-state index is 9.83. The number of hydrogen-bond donors (Lipinski definition) is 2. The number of aromatic nitrogens is 2. The largest absolute Gasteiger partial charge is 0.508 e. The number of rotatable bonds is 4. The molecule has 8 heteroatoms. The summed E-state index contributed by atoms with van der Waals surface area (Å²) >= 11 is 18.5. The third-order valence-corrected chi connectivity index (χ3v) is 7.02. The monoisotopic (exact) mass is 508 g/mol. The van der Waals surface area contributed by atoms with Crippen LogP contribution in [0.3, 0.4) is 0 Å². The number of phenolic OH excluding ortho intramolecular Hbond substituents is 1. The zero-order valence-corrected chi connectivity index (χ0v) is 20.9. The van der Waals surface area contributed by atoms with E-state index in [0.29, 0.717) is 15.2 Å². The number of benzene rings is 2. The number of pyridine rings is 1. The van der Waals surface area contributed by atoms with Crippen LogP contribution in [0.2, 0.25) is 10.0 Å². The number of anilines is 1. The van der Waals surface area contributed by atoms with E-state index in [1.54, 1.807) is 24.4 Å². The van der Waals surface area contributed by atoms with E-state index in [9.17, 15) is 5.11 Å². The molecule has 0 aliphatic carbocycles. The van der Waals surface area contributed by atoms with E-state index in [0.717, 1.165) is 34.0 Å². The molecule has 5 nitrogen and oxygen atoms in total. The number of hydrogen-bond acceptors (Lipinski definition) is 3. The molecule has 2 aromatic heterocycles. The van der Waals surface area contributed by atoms with Crippen LogP contribution in [-0.4, -0.2) is 19.8 Å². The standard InChI is InChI=1S/C26H22Cl2N4OS/c1-15-13-20(16(2)31(15)23-11-6-17(27)14-21(23)28)25-24(22-5-3-4-12-29-22)30-26(34)32(25)18-7-9-19(33)10-8-18/h3-14,24-25,33H,1-2H3,(H,30,34)/t24-,25-/m0/s1. The van der Waals surface area contributed by atoms with E-state index < -0.39 is 0 Å².